The second kappa shape index (κ2) is 8.69. The first-order valence-corrected chi connectivity index (χ1v) is 10.7. The average molecular weight is 405 g/mol. The third kappa shape index (κ3) is 4.22. The third-order valence-corrected chi connectivity index (χ3v) is 5.74. The summed E-state index contributed by atoms with van der Waals surface area (Å²) in [5, 5.41) is 11.8. The lowest BCUT2D eigenvalue weighted by Gasteiger charge is -2.14. The highest BCUT2D eigenvalue weighted by molar-refractivity contribution is 6.11. The second-order valence-electron chi connectivity index (χ2n) is 8.30. The Morgan fingerprint density at radius 1 is 1.03 bits per heavy atom. The number of carbonyl (C=O) groups excluding carboxylic acids is 1. The van der Waals surface area contributed by atoms with Gasteiger partial charge in [-0.3, -0.25) is 9.59 Å². The van der Waals surface area contributed by atoms with Gasteiger partial charge in [0.2, 0.25) is 0 Å². The first-order valence-electron chi connectivity index (χ1n) is 10.7. The first kappa shape index (κ1) is 20.1. The number of fused-ring (bicyclic) bond motifs is 1. The normalized spacial score (nSPS) is 14.4. The van der Waals surface area contributed by atoms with Crippen molar-refractivity contribution in [1.82, 2.24) is 9.78 Å². The molecule has 2 N–H and O–H groups in total. The number of nitrogens with zero attached hydrogens (tertiary/aromatic N) is 2. The number of hydrogen-bond acceptors (Lipinski definition) is 4. The molecule has 1 aliphatic rings. The van der Waals surface area contributed by atoms with E-state index in [2.05, 4.69) is 15.7 Å². The van der Waals surface area contributed by atoms with Crippen molar-refractivity contribution in [2.24, 2.45) is 5.92 Å². The Morgan fingerprint density at radius 2 is 1.67 bits per heavy atom. The van der Waals surface area contributed by atoms with Crippen LogP contribution >= 0.6 is 0 Å². The van der Waals surface area contributed by atoms with E-state index in [1.54, 1.807) is 18.2 Å². The zero-order valence-electron chi connectivity index (χ0n) is 17.5. The van der Waals surface area contributed by atoms with Crippen LogP contribution in [0.15, 0.2) is 53.3 Å². The predicted octanol–water partition coefficient (Wildman–Crippen LogP) is 4.83. The molecule has 0 bridgehead atoms. The molecule has 1 aromatic heterocycles. The molecule has 0 spiro atoms. The van der Waals surface area contributed by atoms with Crippen LogP contribution in [0.2, 0.25) is 0 Å². The van der Waals surface area contributed by atoms with E-state index >= 15 is 0 Å². The maximum atomic E-state index is 13.0. The summed E-state index contributed by atoms with van der Waals surface area (Å²) in [5.41, 5.74) is 1.81. The topological polar surface area (TPSA) is 76.0 Å². The number of hydrogen-bond donors (Lipinski definition) is 2. The second-order valence-corrected chi connectivity index (χ2v) is 8.30. The average Bonchev–Trinajstić information content (AvgIpc) is 3.27. The molecule has 1 fully saturated rings. The Labute approximate surface area is 176 Å². The van der Waals surface area contributed by atoms with Crippen LogP contribution in [0.5, 0.6) is 0 Å². The molecule has 1 heterocycles. The van der Waals surface area contributed by atoms with Crippen molar-refractivity contribution in [3.8, 4) is 0 Å². The van der Waals surface area contributed by atoms with E-state index in [0.717, 1.165) is 18.2 Å². The van der Waals surface area contributed by atoms with Crippen molar-refractivity contribution in [3.05, 3.63) is 64.6 Å². The van der Waals surface area contributed by atoms with Crippen molar-refractivity contribution in [1.29, 1.82) is 0 Å². The van der Waals surface area contributed by atoms with Crippen LogP contribution in [0.25, 0.3) is 10.8 Å². The number of benzene rings is 2. The van der Waals surface area contributed by atoms with Gasteiger partial charge in [0.15, 0.2) is 5.69 Å². The molecule has 156 valence electrons. The molecular formula is C24H28N4O2. The Bertz CT molecular complexity index is 1100. The van der Waals surface area contributed by atoms with Crippen LogP contribution < -0.4 is 16.2 Å². The largest absolute Gasteiger partial charge is 0.385 e. The van der Waals surface area contributed by atoms with Gasteiger partial charge in [-0.15, -0.1) is 0 Å². The van der Waals surface area contributed by atoms with Gasteiger partial charge >= 0.3 is 0 Å². The van der Waals surface area contributed by atoms with Gasteiger partial charge in [-0.1, -0.05) is 31.0 Å². The number of aromatic nitrogens is 2. The van der Waals surface area contributed by atoms with Crippen molar-refractivity contribution in [2.45, 2.75) is 45.6 Å². The Balaban J connectivity index is 1.53. The highest BCUT2D eigenvalue weighted by Crippen LogP contribution is 2.25. The number of carbonyl (C=O) groups is 1. The van der Waals surface area contributed by atoms with E-state index in [-0.39, 0.29) is 23.2 Å². The number of amides is 1. The predicted molar refractivity (Wildman–Crippen MR) is 121 cm³/mol. The Kier molecular flexibility index (Phi) is 5.84. The molecular weight excluding hydrogens is 376 g/mol. The van der Waals surface area contributed by atoms with E-state index in [9.17, 15) is 9.59 Å². The zero-order chi connectivity index (χ0) is 21.1. The molecule has 1 saturated carbocycles. The third-order valence-electron chi connectivity index (χ3n) is 5.74. The van der Waals surface area contributed by atoms with Gasteiger partial charge in [-0.05, 0) is 62.9 Å². The smallest absolute Gasteiger partial charge is 0.276 e. The lowest BCUT2D eigenvalue weighted by Crippen LogP contribution is -2.28. The molecule has 6 heteroatoms. The molecule has 0 aliphatic heterocycles. The summed E-state index contributed by atoms with van der Waals surface area (Å²) in [6, 6.07) is 14.7. The molecule has 1 amide bonds. The van der Waals surface area contributed by atoms with Gasteiger partial charge < -0.3 is 10.6 Å². The van der Waals surface area contributed by atoms with Crippen LogP contribution in [0.1, 0.15) is 56.1 Å². The highest BCUT2D eigenvalue weighted by atomic mass is 16.2. The summed E-state index contributed by atoms with van der Waals surface area (Å²) in [6.07, 6.45) is 5.29. The fourth-order valence-electron chi connectivity index (χ4n) is 4.06. The van der Waals surface area contributed by atoms with E-state index in [0.29, 0.717) is 16.5 Å². The minimum Gasteiger partial charge on any atom is -0.385 e. The van der Waals surface area contributed by atoms with Crippen LogP contribution in [0, 0.1) is 5.92 Å². The summed E-state index contributed by atoms with van der Waals surface area (Å²) in [7, 11) is 0. The molecule has 30 heavy (non-hydrogen) atoms. The van der Waals surface area contributed by atoms with Crippen molar-refractivity contribution < 1.29 is 4.79 Å². The molecule has 0 saturated heterocycles. The minimum absolute atomic E-state index is 0.140. The van der Waals surface area contributed by atoms with Gasteiger partial charge in [0.1, 0.15) is 0 Å². The standard InChI is InChI=1S/C24H28N4O2/c1-16(2)28-24(30)21-10-6-5-9-20(21)22(27-28)23(29)26-19-13-11-18(12-14-19)25-15-17-7-3-4-8-17/h5-6,9-14,16-17,25H,3-4,7-8,15H2,1-2H3,(H,26,29). The quantitative estimate of drug-likeness (QED) is 0.617. The molecule has 0 radical (unpaired) electrons. The first-order chi connectivity index (χ1) is 14.5. The summed E-state index contributed by atoms with van der Waals surface area (Å²) in [5.74, 6) is 0.438. The van der Waals surface area contributed by atoms with E-state index in [1.807, 2.05) is 44.2 Å². The van der Waals surface area contributed by atoms with Crippen LogP contribution in [0.4, 0.5) is 11.4 Å². The zero-order valence-corrected chi connectivity index (χ0v) is 17.5. The van der Waals surface area contributed by atoms with E-state index in [4.69, 9.17) is 0 Å². The monoisotopic (exact) mass is 404 g/mol. The molecule has 0 unspecified atom stereocenters. The maximum absolute atomic E-state index is 13.0. The van der Waals surface area contributed by atoms with Crippen LogP contribution in [-0.4, -0.2) is 22.2 Å². The van der Waals surface area contributed by atoms with Gasteiger partial charge in [-0.2, -0.15) is 5.10 Å². The number of anilines is 2. The Morgan fingerprint density at radius 3 is 2.33 bits per heavy atom. The molecule has 3 aromatic rings. The van der Waals surface area contributed by atoms with Crippen molar-refractivity contribution in [2.75, 3.05) is 17.2 Å². The lowest BCUT2D eigenvalue weighted by molar-refractivity contribution is 0.102. The van der Waals surface area contributed by atoms with E-state index < -0.39 is 0 Å². The van der Waals surface area contributed by atoms with Crippen LogP contribution in [0.3, 0.4) is 0 Å². The lowest BCUT2D eigenvalue weighted by atomic mass is 10.1. The number of nitrogens with one attached hydrogen (secondary N) is 2. The summed E-state index contributed by atoms with van der Waals surface area (Å²) >= 11 is 0. The summed E-state index contributed by atoms with van der Waals surface area (Å²) < 4.78 is 1.37. The molecule has 2 aromatic carbocycles. The molecule has 6 nitrogen and oxygen atoms in total. The fraction of sp³-hybridized carbons (Fsp3) is 0.375. The van der Waals surface area contributed by atoms with E-state index in [1.165, 1.54) is 30.4 Å². The van der Waals surface area contributed by atoms with Gasteiger partial charge in [-0.25, -0.2) is 4.68 Å². The van der Waals surface area contributed by atoms with Crippen LogP contribution in [-0.2, 0) is 0 Å². The molecule has 4 rings (SSSR count). The molecule has 1 aliphatic carbocycles. The summed E-state index contributed by atoms with van der Waals surface area (Å²) in [6.45, 7) is 4.75. The Hall–Kier alpha value is -3.15. The van der Waals surface area contributed by atoms with Crippen molar-refractivity contribution in [3.63, 3.8) is 0 Å². The number of rotatable bonds is 6. The maximum Gasteiger partial charge on any atom is 0.276 e. The highest BCUT2D eigenvalue weighted by Gasteiger charge is 2.18. The molecule has 0 atom stereocenters. The summed E-state index contributed by atoms with van der Waals surface area (Å²) in [4.78, 5) is 25.7. The van der Waals surface area contributed by atoms with Crippen molar-refractivity contribution >= 4 is 28.1 Å². The van der Waals surface area contributed by atoms with Gasteiger partial charge in [0.05, 0.1) is 11.4 Å². The van der Waals surface area contributed by atoms with Gasteiger partial charge in [0.25, 0.3) is 11.5 Å². The van der Waals surface area contributed by atoms with Gasteiger partial charge in [0, 0.05) is 23.3 Å². The SMILES string of the molecule is CC(C)n1nc(C(=O)Nc2ccc(NCC3CCCC3)cc2)c2ccccc2c1=O. The minimum atomic E-state index is -0.327. The fourth-order valence-corrected chi connectivity index (χ4v) is 4.06.